The van der Waals surface area contributed by atoms with E-state index in [1.54, 1.807) is 29.2 Å². The van der Waals surface area contributed by atoms with Gasteiger partial charge in [-0.2, -0.15) is 0 Å². The highest BCUT2D eigenvalue weighted by Crippen LogP contribution is 2.23. The van der Waals surface area contributed by atoms with E-state index in [1.165, 1.54) is 6.07 Å². The molecule has 140 valence electrons. The molecule has 0 unspecified atom stereocenters. The van der Waals surface area contributed by atoms with Crippen LogP contribution in [-0.4, -0.2) is 49.5 Å². The third-order valence-electron chi connectivity index (χ3n) is 4.92. The maximum atomic E-state index is 14.1. The average Bonchev–Trinajstić information content (AvgIpc) is 3.03. The summed E-state index contributed by atoms with van der Waals surface area (Å²) >= 11 is 0. The van der Waals surface area contributed by atoms with Gasteiger partial charge in [-0.1, -0.05) is 18.2 Å². The molecule has 1 saturated heterocycles. The monoisotopic (exact) mass is 378 g/mol. The standard InChI is InChI=1S/C19H23FN2O3S/c1-14-10-17(11-21-14)19(23)22(13-16-4-2-3-5-18(16)20)12-15-6-8-26(24,25)9-7-15/h2-5,10,15H,6-9,11-13H2,1H3. The molecule has 2 heterocycles. The highest BCUT2D eigenvalue weighted by atomic mass is 32.2. The Labute approximate surface area is 153 Å². The molecule has 1 amide bonds. The third kappa shape index (κ3) is 4.58. The lowest BCUT2D eigenvalue weighted by molar-refractivity contribution is -0.128. The molecule has 0 aliphatic carbocycles. The molecule has 1 fully saturated rings. The molecule has 1 aromatic carbocycles. The predicted octanol–water partition coefficient (Wildman–Crippen LogP) is 2.38. The lowest BCUT2D eigenvalue weighted by Gasteiger charge is -2.30. The number of sulfone groups is 1. The van der Waals surface area contributed by atoms with E-state index < -0.39 is 9.84 Å². The summed E-state index contributed by atoms with van der Waals surface area (Å²) in [5, 5.41) is 0. The SMILES string of the molecule is CC1=NCC(C(=O)N(Cc2ccccc2F)CC2CCS(=O)(=O)CC2)=C1. The zero-order chi connectivity index (χ0) is 18.7. The van der Waals surface area contributed by atoms with Gasteiger partial charge in [0.2, 0.25) is 0 Å². The van der Waals surface area contributed by atoms with E-state index in [1.807, 2.05) is 6.92 Å². The molecule has 0 radical (unpaired) electrons. The van der Waals surface area contributed by atoms with Crippen LogP contribution in [0.1, 0.15) is 25.3 Å². The number of rotatable bonds is 5. The summed E-state index contributed by atoms with van der Waals surface area (Å²) in [4.78, 5) is 18.8. The number of aliphatic imine (C=N–C) groups is 1. The number of hydrogen-bond donors (Lipinski definition) is 0. The van der Waals surface area contributed by atoms with Gasteiger partial charge in [-0.15, -0.1) is 0 Å². The van der Waals surface area contributed by atoms with Crippen molar-refractivity contribution in [2.24, 2.45) is 10.9 Å². The highest BCUT2D eigenvalue weighted by molar-refractivity contribution is 7.91. The first-order valence-corrected chi connectivity index (χ1v) is 10.6. The largest absolute Gasteiger partial charge is 0.334 e. The van der Waals surface area contributed by atoms with Crippen molar-refractivity contribution in [2.45, 2.75) is 26.3 Å². The summed E-state index contributed by atoms with van der Waals surface area (Å²) in [6, 6.07) is 6.42. The summed E-state index contributed by atoms with van der Waals surface area (Å²) in [6.07, 6.45) is 2.85. The van der Waals surface area contributed by atoms with Crippen molar-refractivity contribution in [2.75, 3.05) is 24.6 Å². The summed E-state index contributed by atoms with van der Waals surface area (Å²) in [5.41, 5.74) is 1.87. The fourth-order valence-electron chi connectivity index (χ4n) is 3.37. The molecule has 7 heteroatoms. The van der Waals surface area contributed by atoms with E-state index >= 15 is 0 Å². The van der Waals surface area contributed by atoms with Gasteiger partial charge in [0.1, 0.15) is 15.7 Å². The number of nitrogens with zero attached hydrogens (tertiary/aromatic N) is 2. The molecule has 0 bridgehead atoms. The molecule has 0 spiro atoms. The fourth-order valence-corrected chi connectivity index (χ4v) is 4.96. The molecule has 0 saturated carbocycles. The van der Waals surface area contributed by atoms with E-state index in [9.17, 15) is 17.6 Å². The van der Waals surface area contributed by atoms with E-state index in [2.05, 4.69) is 4.99 Å². The van der Waals surface area contributed by atoms with E-state index in [0.29, 0.717) is 37.1 Å². The predicted molar refractivity (Wildman–Crippen MR) is 99.3 cm³/mol. The van der Waals surface area contributed by atoms with Crippen molar-refractivity contribution in [3.63, 3.8) is 0 Å². The molecule has 2 aliphatic rings. The van der Waals surface area contributed by atoms with Crippen molar-refractivity contribution >= 4 is 21.5 Å². The van der Waals surface area contributed by atoms with Gasteiger partial charge in [-0.05, 0) is 37.8 Å². The van der Waals surface area contributed by atoms with Crippen LogP contribution >= 0.6 is 0 Å². The first kappa shape index (κ1) is 18.8. The molecule has 0 aromatic heterocycles. The van der Waals surface area contributed by atoms with Gasteiger partial charge in [-0.25, -0.2) is 12.8 Å². The van der Waals surface area contributed by atoms with Gasteiger partial charge < -0.3 is 4.90 Å². The average molecular weight is 378 g/mol. The second-order valence-electron chi connectivity index (χ2n) is 7.00. The Kier molecular flexibility index (Phi) is 5.55. The minimum Gasteiger partial charge on any atom is -0.334 e. The van der Waals surface area contributed by atoms with Crippen LogP contribution in [0, 0.1) is 11.7 Å². The molecule has 1 aromatic rings. The molecule has 0 atom stereocenters. The Morgan fingerprint density at radius 1 is 1.27 bits per heavy atom. The smallest absolute Gasteiger partial charge is 0.252 e. The van der Waals surface area contributed by atoms with Crippen LogP contribution < -0.4 is 0 Å². The van der Waals surface area contributed by atoms with Gasteiger partial charge in [0.25, 0.3) is 5.91 Å². The summed E-state index contributed by atoms with van der Waals surface area (Å²) < 4.78 is 37.4. The van der Waals surface area contributed by atoms with Crippen LogP contribution in [0.4, 0.5) is 4.39 Å². The first-order valence-electron chi connectivity index (χ1n) is 8.79. The van der Waals surface area contributed by atoms with Crippen LogP contribution in [0.15, 0.2) is 40.9 Å². The maximum Gasteiger partial charge on any atom is 0.252 e. The zero-order valence-electron chi connectivity index (χ0n) is 14.8. The summed E-state index contributed by atoms with van der Waals surface area (Å²) in [6.45, 7) is 2.79. The Bertz CT molecular complexity index is 847. The second-order valence-corrected chi connectivity index (χ2v) is 9.30. The highest BCUT2D eigenvalue weighted by Gasteiger charge is 2.28. The normalized spacial score (nSPS) is 19.8. The number of amides is 1. The second kappa shape index (κ2) is 7.70. The van der Waals surface area contributed by atoms with Crippen molar-refractivity contribution in [1.29, 1.82) is 0 Å². The molecular weight excluding hydrogens is 355 g/mol. The van der Waals surface area contributed by atoms with Crippen LogP contribution in [0.5, 0.6) is 0 Å². The molecule has 3 rings (SSSR count). The minimum atomic E-state index is -2.95. The summed E-state index contributed by atoms with van der Waals surface area (Å²) in [7, 11) is -2.95. The zero-order valence-corrected chi connectivity index (χ0v) is 15.6. The number of carbonyl (C=O) groups excluding carboxylic acids is 1. The Morgan fingerprint density at radius 3 is 2.58 bits per heavy atom. The van der Waals surface area contributed by atoms with Gasteiger partial charge in [0, 0.05) is 29.9 Å². The topological polar surface area (TPSA) is 66.8 Å². The number of allylic oxidation sites excluding steroid dienone is 1. The van der Waals surface area contributed by atoms with Crippen molar-refractivity contribution in [3.05, 3.63) is 47.3 Å². The molecule has 26 heavy (non-hydrogen) atoms. The third-order valence-corrected chi connectivity index (χ3v) is 6.63. The van der Waals surface area contributed by atoms with E-state index in [0.717, 1.165) is 5.71 Å². The molecule has 5 nitrogen and oxygen atoms in total. The lowest BCUT2D eigenvalue weighted by Crippen LogP contribution is -2.39. The molecule has 0 N–H and O–H groups in total. The van der Waals surface area contributed by atoms with E-state index in [-0.39, 0.29) is 35.7 Å². The summed E-state index contributed by atoms with van der Waals surface area (Å²) in [5.74, 6) is -0.0702. The number of hydrogen-bond acceptors (Lipinski definition) is 4. The van der Waals surface area contributed by atoms with Crippen LogP contribution in [0.2, 0.25) is 0 Å². The van der Waals surface area contributed by atoms with Crippen LogP contribution in [0.3, 0.4) is 0 Å². The van der Waals surface area contributed by atoms with Crippen LogP contribution in [0.25, 0.3) is 0 Å². The van der Waals surface area contributed by atoms with Crippen LogP contribution in [-0.2, 0) is 21.2 Å². The van der Waals surface area contributed by atoms with Crippen molar-refractivity contribution < 1.29 is 17.6 Å². The molecule has 2 aliphatic heterocycles. The Hall–Kier alpha value is -2.02. The first-order chi connectivity index (χ1) is 12.3. The quantitative estimate of drug-likeness (QED) is 0.790. The maximum absolute atomic E-state index is 14.1. The van der Waals surface area contributed by atoms with E-state index in [4.69, 9.17) is 0 Å². The number of halogens is 1. The molecular formula is C19H23FN2O3S. The van der Waals surface area contributed by atoms with Gasteiger partial charge in [0.15, 0.2) is 0 Å². The van der Waals surface area contributed by atoms with Gasteiger partial charge in [0.05, 0.1) is 18.1 Å². The Morgan fingerprint density at radius 2 is 1.96 bits per heavy atom. The van der Waals surface area contributed by atoms with Crippen molar-refractivity contribution in [3.8, 4) is 0 Å². The van der Waals surface area contributed by atoms with Crippen molar-refractivity contribution in [1.82, 2.24) is 4.90 Å². The number of carbonyl (C=O) groups is 1. The minimum absolute atomic E-state index is 0.110. The lowest BCUT2D eigenvalue weighted by atomic mass is 10.0. The van der Waals surface area contributed by atoms with Gasteiger partial charge in [-0.3, -0.25) is 9.79 Å². The number of benzene rings is 1. The fraction of sp³-hybridized carbons (Fsp3) is 0.474. The Balaban J connectivity index is 1.76. The van der Waals surface area contributed by atoms with Gasteiger partial charge >= 0.3 is 0 Å².